The van der Waals surface area contributed by atoms with Crippen molar-refractivity contribution in [2.45, 2.75) is 12.5 Å². The van der Waals surface area contributed by atoms with Crippen LogP contribution in [0.5, 0.6) is 0 Å². The first-order valence-corrected chi connectivity index (χ1v) is 11.3. The second kappa shape index (κ2) is 10.2. The Labute approximate surface area is 201 Å². The van der Waals surface area contributed by atoms with Crippen molar-refractivity contribution in [1.29, 1.82) is 5.26 Å². The normalized spacial score (nSPS) is 19.6. The summed E-state index contributed by atoms with van der Waals surface area (Å²) in [6.45, 7) is 4.35. The molecule has 1 aliphatic carbocycles. The molecule has 2 N–H and O–H groups in total. The van der Waals surface area contributed by atoms with Crippen LogP contribution in [-0.4, -0.2) is 41.6 Å². The molecule has 174 valence electrons. The summed E-state index contributed by atoms with van der Waals surface area (Å²) in [5.41, 5.74) is 2.92. The number of nitrogens with zero attached hydrogens (tertiary/aromatic N) is 3. The first-order chi connectivity index (χ1) is 16.5. The van der Waals surface area contributed by atoms with Crippen molar-refractivity contribution in [3.8, 4) is 6.07 Å². The highest BCUT2D eigenvalue weighted by molar-refractivity contribution is 6.36. The van der Waals surface area contributed by atoms with E-state index in [1.807, 2.05) is 30.3 Å². The Kier molecular flexibility index (Phi) is 7.11. The Morgan fingerprint density at radius 3 is 2.74 bits per heavy atom. The van der Waals surface area contributed by atoms with E-state index in [2.05, 4.69) is 11.6 Å². The van der Waals surface area contributed by atoms with Crippen LogP contribution >= 0.6 is 11.6 Å². The summed E-state index contributed by atoms with van der Waals surface area (Å²) in [5, 5.41) is 22.4. The molecule has 0 amide bonds. The van der Waals surface area contributed by atoms with Gasteiger partial charge in [0.1, 0.15) is 23.5 Å². The fraction of sp³-hybridized carbons (Fsp3) is 0.231. The molecule has 2 atom stereocenters. The number of aliphatic hydroxyl groups is 1. The molecule has 0 bridgehead atoms. The van der Waals surface area contributed by atoms with Gasteiger partial charge in [0, 0.05) is 47.2 Å². The molecular formula is C26H23ClF2N4O. The van der Waals surface area contributed by atoms with E-state index >= 15 is 4.39 Å². The van der Waals surface area contributed by atoms with Crippen LogP contribution in [-0.2, 0) is 0 Å². The number of nitrogens with one attached hydrogen (secondary N) is 1. The van der Waals surface area contributed by atoms with E-state index in [1.54, 1.807) is 40.8 Å². The van der Waals surface area contributed by atoms with Crippen molar-refractivity contribution in [2.24, 2.45) is 10.9 Å². The first kappa shape index (κ1) is 23.7. The van der Waals surface area contributed by atoms with Gasteiger partial charge in [0.15, 0.2) is 0 Å². The van der Waals surface area contributed by atoms with Gasteiger partial charge in [0.2, 0.25) is 5.90 Å². The van der Waals surface area contributed by atoms with Gasteiger partial charge in [-0.1, -0.05) is 60.2 Å². The van der Waals surface area contributed by atoms with Crippen molar-refractivity contribution in [3.05, 3.63) is 88.9 Å². The summed E-state index contributed by atoms with van der Waals surface area (Å²) in [6.07, 6.45) is 5.72. The Morgan fingerprint density at radius 1 is 1.26 bits per heavy atom. The molecular weight excluding hydrogens is 458 g/mol. The average Bonchev–Trinajstić information content (AvgIpc) is 2.84. The van der Waals surface area contributed by atoms with E-state index in [1.165, 1.54) is 0 Å². The molecule has 0 aromatic heterocycles. The predicted molar refractivity (Wildman–Crippen MR) is 132 cm³/mol. The molecule has 2 aromatic carbocycles. The summed E-state index contributed by atoms with van der Waals surface area (Å²) in [7, 11) is 0. The minimum absolute atomic E-state index is 0.00354. The minimum atomic E-state index is -1.06. The lowest BCUT2D eigenvalue weighted by Gasteiger charge is -2.38. The Balaban J connectivity index is 1.82. The van der Waals surface area contributed by atoms with Gasteiger partial charge in [-0.05, 0) is 23.4 Å². The molecule has 2 unspecified atom stereocenters. The summed E-state index contributed by atoms with van der Waals surface area (Å²) in [5.74, 6) is -1.70. The van der Waals surface area contributed by atoms with E-state index in [-0.39, 0.29) is 18.7 Å². The maximum Gasteiger partial charge on any atom is 0.227 e. The molecule has 0 radical (unpaired) electrons. The maximum absolute atomic E-state index is 16.0. The molecule has 1 heterocycles. The summed E-state index contributed by atoms with van der Waals surface area (Å²) in [4.78, 5) is 5.92. The number of hydrogen-bond acceptors (Lipinski definition) is 4. The SMILES string of the molecule is C=CCCN(CCNF)C1=C(C#N)C(O)=NC2C(F)=C(c3cccc4cccc(Cl)c34)C=CC12. The molecule has 2 aromatic rings. The number of allylic oxidation sites excluding steroid dienone is 2. The zero-order chi connectivity index (χ0) is 24.2. The smallest absolute Gasteiger partial charge is 0.227 e. The van der Waals surface area contributed by atoms with Gasteiger partial charge >= 0.3 is 0 Å². The number of aliphatic hydroxyl groups excluding tert-OH is 1. The van der Waals surface area contributed by atoms with Crippen molar-refractivity contribution in [1.82, 2.24) is 10.4 Å². The van der Waals surface area contributed by atoms with Gasteiger partial charge in [-0.25, -0.2) is 9.38 Å². The zero-order valence-electron chi connectivity index (χ0n) is 18.3. The van der Waals surface area contributed by atoms with E-state index in [0.717, 1.165) is 10.8 Å². The third kappa shape index (κ3) is 4.23. The first-order valence-electron chi connectivity index (χ1n) is 10.9. The average molecular weight is 481 g/mol. The molecule has 4 rings (SSSR count). The molecule has 5 nitrogen and oxygen atoms in total. The van der Waals surface area contributed by atoms with Gasteiger partial charge in [-0.3, -0.25) is 0 Å². The maximum atomic E-state index is 16.0. The minimum Gasteiger partial charge on any atom is -0.493 e. The molecule has 0 saturated carbocycles. The number of halogens is 3. The number of fused-ring (bicyclic) bond motifs is 2. The number of aliphatic imine (C=N–C) groups is 1. The number of dihydropyridines is 1. The van der Waals surface area contributed by atoms with E-state index in [9.17, 15) is 14.8 Å². The fourth-order valence-electron chi connectivity index (χ4n) is 4.55. The third-order valence-electron chi connectivity index (χ3n) is 6.06. The third-order valence-corrected chi connectivity index (χ3v) is 6.38. The van der Waals surface area contributed by atoms with Crippen LogP contribution in [0.4, 0.5) is 8.87 Å². The number of nitriles is 1. The van der Waals surface area contributed by atoms with E-state index < -0.39 is 23.7 Å². The van der Waals surface area contributed by atoms with Crippen molar-refractivity contribution in [3.63, 3.8) is 0 Å². The summed E-state index contributed by atoms with van der Waals surface area (Å²) >= 11 is 6.46. The molecule has 1 aliphatic heterocycles. The summed E-state index contributed by atoms with van der Waals surface area (Å²) in [6, 6.07) is 11.9. The van der Waals surface area contributed by atoms with Crippen LogP contribution in [0.25, 0.3) is 16.3 Å². The van der Waals surface area contributed by atoms with Crippen LogP contribution in [0, 0.1) is 17.2 Å². The highest BCUT2D eigenvalue weighted by Crippen LogP contribution is 2.43. The second-order valence-electron chi connectivity index (χ2n) is 8.01. The molecule has 0 fully saturated rings. The van der Waals surface area contributed by atoms with Gasteiger partial charge in [0.25, 0.3) is 0 Å². The van der Waals surface area contributed by atoms with Crippen LogP contribution in [0.3, 0.4) is 0 Å². The molecule has 0 spiro atoms. The summed E-state index contributed by atoms with van der Waals surface area (Å²) < 4.78 is 28.8. The van der Waals surface area contributed by atoms with Crippen molar-refractivity contribution < 1.29 is 14.0 Å². The Hall–Kier alpha value is -3.47. The lowest BCUT2D eigenvalue weighted by atomic mass is 9.81. The van der Waals surface area contributed by atoms with Gasteiger partial charge in [0.05, 0.1) is 0 Å². The number of rotatable bonds is 8. The van der Waals surface area contributed by atoms with Crippen molar-refractivity contribution in [2.75, 3.05) is 19.6 Å². The molecule has 34 heavy (non-hydrogen) atoms. The number of benzene rings is 2. The van der Waals surface area contributed by atoms with Gasteiger partial charge in [-0.15, -0.1) is 11.1 Å². The highest BCUT2D eigenvalue weighted by Gasteiger charge is 2.40. The van der Waals surface area contributed by atoms with Gasteiger partial charge in [-0.2, -0.15) is 10.8 Å². The van der Waals surface area contributed by atoms with Crippen molar-refractivity contribution >= 4 is 33.8 Å². The lowest BCUT2D eigenvalue weighted by molar-refractivity contribution is 0.257. The largest absolute Gasteiger partial charge is 0.493 e. The van der Waals surface area contributed by atoms with Crippen LogP contribution < -0.4 is 5.54 Å². The van der Waals surface area contributed by atoms with Crippen LogP contribution in [0.2, 0.25) is 5.02 Å². The van der Waals surface area contributed by atoms with Gasteiger partial charge < -0.3 is 10.0 Å². The predicted octanol–water partition coefficient (Wildman–Crippen LogP) is 5.83. The standard InChI is InChI=1S/C26H23ClF2N4O/c1-2-3-13-33(14-12-31-29)25-19-11-10-18(23(28)24(19)32-26(34)20(25)15-30)17-8-4-6-16-7-5-9-21(27)22(16)17/h2,4-11,19,24,31H,1,3,12-14H2,(H,32,34). The van der Waals surface area contributed by atoms with E-state index in [4.69, 9.17) is 11.6 Å². The molecule has 8 heteroatoms. The monoisotopic (exact) mass is 480 g/mol. The topological polar surface area (TPSA) is 71.7 Å². The number of hydrogen-bond donors (Lipinski definition) is 2. The second-order valence-corrected chi connectivity index (χ2v) is 8.41. The molecule has 0 saturated heterocycles. The lowest BCUT2D eigenvalue weighted by Crippen LogP contribution is -2.41. The van der Waals surface area contributed by atoms with Crippen LogP contribution in [0.1, 0.15) is 12.0 Å². The highest BCUT2D eigenvalue weighted by atomic mass is 35.5. The van der Waals surface area contributed by atoms with E-state index in [0.29, 0.717) is 34.8 Å². The Morgan fingerprint density at radius 2 is 2.03 bits per heavy atom. The Bertz CT molecular complexity index is 1290. The quantitative estimate of drug-likeness (QED) is 0.368. The zero-order valence-corrected chi connectivity index (χ0v) is 19.1. The van der Waals surface area contributed by atoms with Crippen LogP contribution in [0.15, 0.2) is 83.3 Å². The fourth-order valence-corrected chi connectivity index (χ4v) is 4.83. The molecule has 2 aliphatic rings.